The molecule has 0 aliphatic carbocycles. The van der Waals surface area contributed by atoms with Crippen LogP contribution in [0.1, 0.15) is 43.4 Å². The highest BCUT2D eigenvalue weighted by molar-refractivity contribution is 7.89. The van der Waals surface area contributed by atoms with Gasteiger partial charge in [-0.1, -0.05) is 55.8 Å². The van der Waals surface area contributed by atoms with Crippen molar-refractivity contribution >= 4 is 15.9 Å². The molecule has 6 nitrogen and oxygen atoms in total. The van der Waals surface area contributed by atoms with Crippen LogP contribution in [-0.4, -0.2) is 38.4 Å². The van der Waals surface area contributed by atoms with Crippen molar-refractivity contribution in [2.75, 3.05) is 13.1 Å². The van der Waals surface area contributed by atoms with E-state index in [9.17, 15) is 13.2 Å². The third-order valence-corrected chi connectivity index (χ3v) is 7.11. The van der Waals surface area contributed by atoms with Crippen LogP contribution in [0.4, 0.5) is 0 Å². The van der Waals surface area contributed by atoms with Crippen LogP contribution in [0.15, 0.2) is 53.4 Å². The van der Waals surface area contributed by atoms with Crippen LogP contribution in [0.5, 0.6) is 0 Å². The summed E-state index contributed by atoms with van der Waals surface area (Å²) < 4.78 is 28.0. The van der Waals surface area contributed by atoms with Gasteiger partial charge < -0.3 is 5.32 Å². The lowest BCUT2D eigenvalue weighted by atomic mass is 10.0. The molecule has 1 aliphatic rings. The Morgan fingerprint density at radius 3 is 2.13 bits per heavy atom. The quantitative estimate of drug-likeness (QED) is 0.624. The van der Waals surface area contributed by atoms with E-state index in [1.165, 1.54) is 18.4 Å². The average Bonchev–Trinajstić information content (AvgIpc) is 3.24. The van der Waals surface area contributed by atoms with E-state index in [0.29, 0.717) is 6.54 Å². The number of rotatable bonds is 9. The molecule has 0 spiro atoms. The molecule has 0 saturated carbocycles. The molecule has 1 aliphatic heterocycles. The van der Waals surface area contributed by atoms with E-state index in [0.717, 1.165) is 30.8 Å². The summed E-state index contributed by atoms with van der Waals surface area (Å²) in [7, 11) is -3.78. The molecule has 1 heterocycles. The van der Waals surface area contributed by atoms with Gasteiger partial charge in [-0.25, -0.2) is 8.42 Å². The number of amides is 1. The zero-order valence-electron chi connectivity index (χ0n) is 18.6. The molecular weight excluding hydrogens is 410 g/mol. The van der Waals surface area contributed by atoms with Gasteiger partial charge in [-0.2, -0.15) is 4.72 Å². The van der Waals surface area contributed by atoms with Gasteiger partial charge in [0.25, 0.3) is 0 Å². The van der Waals surface area contributed by atoms with Crippen LogP contribution in [0.3, 0.4) is 0 Å². The van der Waals surface area contributed by atoms with Crippen LogP contribution in [0, 0.1) is 12.8 Å². The van der Waals surface area contributed by atoms with Gasteiger partial charge in [0.2, 0.25) is 15.9 Å². The molecule has 0 aromatic heterocycles. The minimum Gasteiger partial charge on any atom is -0.351 e. The highest BCUT2D eigenvalue weighted by atomic mass is 32.2. The number of hydrogen-bond donors (Lipinski definition) is 2. The summed E-state index contributed by atoms with van der Waals surface area (Å²) in [4.78, 5) is 15.4. The molecule has 3 rings (SSSR count). The first kappa shape index (κ1) is 23.4. The number of hydrogen-bond acceptors (Lipinski definition) is 4. The largest absolute Gasteiger partial charge is 0.351 e. The van der Waals surface area contributed by atoms with Crippen molar-refractivity contribution in [2.24, 2.45) is 5.92 Å². The minimum atomic E-state index is -3.78. The van der Waals surface area contributed by atoms with Gasteiger partial charge in [-0.05, 0) is 62.0 Å². The Bertz CT molecular complexity index is 964. The van der Waals surface area contributed by atoms with Gasteiger partial charge >= 0.3 is 0 Å². The molecule has 2 aromatic rings. The first-order chi connectivity index (χ1) is 14.7. The maximum atomic E-state index is 12.8. The third-order valence-electron chi connectivity index (χ3n) is 5.66. The van der Waals surface area contributed by atoms with E-state index >= 15 is 0 Å². The number of aryl methyl sites for hydroxylation is 1. The second-order valence-corrected chi connectivity index (χ2v) is 10.4. The lowest BCUT2D eigenvalue weighted by Gasteiger charge is -2.22. The summed E-state index contributed by atoms with van der Waals surface area (Å²) in [5.41, 5.74) is 3.23. The molecule has 1 amide bonds. The monoisotopic (exact) mass is 443 g/mol. The van der Waals surface area contributed by atoms with Crippen LogP contribution < -0.4 is 10.0 Å². The van der Waals surface area contributed by atoms with E-state index in [4.69, 9.17) is 0 Å². The SMILES string of the molecule is Cc1ccc(S(=O)(=O)NC(C(=O)NCc2ccc(CN3CCCC3)cc2)C(C)C)cc1. The molecule has 1 unspecified atom stereocenters. The van der Waals surface area contributed by atoms with Crippen molar-refractivity contribution in [1.82, 2.24) is 14.9 Å². The minimum absolute atomic E-state index is 0.158. The van der Waals surface area contributed by atoms with Gasteiger partial charge in [-0.15, -0.1) is 0 Å². The first-order valence-corrected chi connectivity index (χ1v) is 12.4. The standard InChI is InChI=1S/C24H33N3O3S/c1-18(2)23(26-31(29,30)22-12-6-19(3)7-13-22)24(28)25-16-20-8-10-21(11-9-20)17-27-14-4-5-15-27/h6-13,18,23,26H,4-5,14-17H2,1-3H3,(H,25,28). The predicted octanol–water partition coefficient (Wildman–Crippen LogP) is 3.21. The number of nitrogens with one attached hydrogen (secondary N) is 2. The topological polar surface area (TPSA) is 78.5 Å². The van der Waals surface area contributed by atoms with Crippen LogP contribution in [0.25, 0.3) is 0 Å². The Morgan fingerprint density at radius 2 is 1.55 bits per heavy atom. The maximum absolute atomic E-state index is 12.8. The van der Waals surface area contributed by atoms with Crippen LogP contribution in [0.2, 0.25) is 0 Å². The molecule has 0 bridgehead atoms. The molecule has 2 aromatic carbocycles. The summed E-state index contributed by atoms with van der Waals surface area (Å²) >= 11 is 0. The fraction of sp³-hybridized carbons (Fsp3) is 0.458. The summed E-state index contributed by atoms with van der Waals surface area (Å²) in [5.74, 6) is -0.519. The Hall–Kier alpha value is -2.22. The van der Waals surface area contributed by atoms with Crippen molar-refractivity contribution in [3.8, 4) is 0 Å². The maximum Gasteiger partial charge on any atom is 0.241 e. The highest BCUT2D eigenvalue weighted by Gasteiger charge is 2.28. The fourth-order valence-corrected chi connectivity index (χ4v) is 5.05. The predicted molar refractivity (Wildman–Crippen MR) is 123 cm³/mol. The van der Waals surface area contributed by atoms with Crippen molar-refractivity contribution in [2.45, 2.75) is 57.6 Å². The molecule has 168 valence electrons. The highest BCUT2D eigenvalue weighted by Crippen LogP contribution is 2.15. The second kappa shape index (κ2) is 10.4. The van der Waals surface area contributed by atoms with Gasteiger partial charge in [0.15, 0.2) is 0 Å². The zero-order valence-corrected chi connectivity index (χ0v) is 19.4. The zero-order chi connectivity index (χ0) is 22.4. The second-order valence-electron chi connectivity index (χ2n) is 8.67. The molecule has 0 radical (unpaired) electrons. The molecular formula is C24H33N3O3S. The first-order valence-electron chi connectivity index (χ1n) is 10.9. The van der Waals surface area contributed by atoms with E-state index in [-0.39, 0.29) is 16.7 Å². The normalized spacial score (nSPS) is 15.9. The van der Waals surface area contributed by atoms with E-state index in [2.05, 4.69) is 27.1 Å². The number of nitrogens with zero attached hydrogens (tertiary/aromatic N) is 1. The lowest BCUT2D eigenvalue weighted by Crippen LogP contribution is -2.49. The van der Waals surface area contributed by atoms with Crippen molar-refractivity contribution in [3.05, 3.63) is 65.2 Å². The van der Waals surface area contributed by atoms with Crippen LogP contribution in [-0.2, 0) is 27.9 Å². The molecule has 7 heteroatoms. The number of carbonyl (C=O) groups is 1. The molecule has 2 N–H and O–H groups in total. The summed E-state index contributed by atoms with van der Waals surface area (Å²) in [6.07, 6.45) is 2.55. The van der Waals surface area contributed by atoms with E-state index in [1.807, 2.05) is 32.9 Å². The molecule has 1 fully saturated rings. The van der Waals surface area contributed by atoms with Gasteiger partial charge in [0, 0.05) is 13.1 Å². The molecule has 31 heavy (non-hydrogen) atoms. The Morgan fingerprint density at radius 1 is 0.968 bits per heavy atom. The van der Waals surface area contributed by atoms with Gasteiger partial charge in [-0.3, -0.25) is 9.69 Å². The van der Waals surface area contributed by atoms with Crippen molar-refractivity contribution in [3.63, 3.8) is 0 Å². The summed E-state index contributed by atoms with van der Waals surface area (Å²) in [6, 6.07) is 14.0. The molecule has 1 atom stereocenters. The Kier molecular flexibility index (Phi) is 7.86. The van der Waals surface area contributed by atoms with Gasteiger partial charge in [0.1, 0.15) is 6.04 Å². The number of likely N-dealkylation sites (tertiary alicyclic amines) is 1. The fourth-order valence-electron chi connectivity index (χ4n) is 3.71. The number of carbonyl (C=O) groups excluding carboxylic acids is 1. The number of benzene rings is 2. The lowest BCUT2D eigenvalue weighted by molar-refractivity contribution is -0.123. The van der Waals surface area contributed by atoms with Gasteiger partial charge in [0.05, 0.1) is 4.90 Å². The average molecular weight is 444 g/mol. The smallest absolute Gasteiger partial charge is 0.241 e. The Labute approximate surface area is 186 Å². The third kappa shape index (κ3) is 6.63. The summed E-state index contributed by atoms with van der Waals surface area (Å²) in [6.45, 7) is 9.19. The van der Waals surface area contributed by atoms with Crippen molar-refractivity contribution in [1.29, 1.82) is 0 Å². The van der Waals surface area contributed by atoms with Crippen molar-refractivity contribution < 1.29 is 13.2 Å². The van der Waals surface area contributed by atoms with E-state index < -0.39 is 16.1 Å². The van der Waals surface area contributed by atoms with Crippen LogP contribution >= 0.6 is 0 Å². The summed E-state index contributed by atoms with van der Waals surface area (Å²) in [5, 5.41) is 2.88. The Balaban J connectivity index is 1.58. The molecule has 1 saturated heterocycles. The van der Waals surface area contributed by atoms with E-state index in [1.54, 1.807) is 24.3 Å². The number of sulfonamides is 1.